The lowest BCUT2D eigenvalue weighted by Gasteiger charge is -2.11. The molecule has 1 aromatic rings. The molecule has 0 aliphatic carbocycles. The summed E-state index contributed by atoms with van der Waals surface area (Å²) in [5.74, 6) is -0.498. The minimum atomic E-state index is -0.445. The molecule has 90 valence electrons. The summed E-state index contributed by atoms with van der Waals surface area (Å²) in [6, 6.07) is 5.99. The van der Waals surface area contributed by atoms with Crippen LogP contribution in [-0.4, -0.2) is 31.4 Å². The number of carbonyl (C=O) groups excluding carboxylic acids is 1. The molecule has 0 saturated heterocycles. The van der Waals surface area contributed by atoms with E-state index in [1.807, 2.05) is 6.07 Å². The first-order valence-corrected chi connectivity index (χ1v) is 5.13. The smallest absolute Gasteiger partial charge is 0.236 e. The van der Waals surface area contributed by atoms with E-state index in [2.05, 4.69) is 5.32 Å². The highest BCUT2D eigenvalue weighted by Gasteiger charge is 2.04. The Labute approximate surface area is 99.7 Å². The van der Waals surface area contributed by atoms with E-state index in [4.69, 9.17) is 5.26 Å². The Bertz CT molecular complexity index is 452. The van der Waals surface area contributed by atoms with E-state index in [1.54, 1.807) is 20.2 Å². The fraction of sp³-hybridized carbons (Fsp3) is 0.333. The van der Waals surface area contributed by atoms with E-state index >= 15 is 0 Å². The summed E-state index contributed by atoms with van der Waals surface area (Å²) in [5, 5.41) is 11.6. The van der Waals surface area contributed by atoms with E-state index in [-0.39, 0.29) is 18.0 Å². The standard InChI is InChI=1S/C12H14FN3O/c1-16(2)12(17)8-15-7-10-3-9(6-14)4-11(13)5-10/h3-5,15H,7-8H2,1-2H3. The van der Waals surface area contributed by atoms with Crippen molar-refractivity contribution >= 4 is 5.91 Å². The number of benzene rings is 1. The van der Waals surface area contributed by atoms with Gasteiger partial charge in [-0.15, -0.1) is 0 Å². The molecule has 0 saturated carbocycles. The van der Waals surface area contributed by atoms with Crippen LogP contribution >= 0.6 is 0 Å². The van der Waals surface area contributed by atoms with Crippen LogP contribution in [0.25, 0.3) is 0 Å². The lowest BCUT2D eigenvalue weighted by molar-refractivity contribution is -0.127. The number of hydrogen-bond acceptors (Lipinski definition) is 3. The molecule has 0 heterocycles. The summed E-state index contributed by atoms with van der Waals surface area (Å²) in [7, 11) is 3.33. The van der Waals surface area contributed by atoms with Gasteiger partial charge in [0.05, 0.1) is 18.2 Å². The van der Waals surface area contributed by atoms with Gasteiger partial charge in [-0.3, -0.25) is 4.79 Å². The minimum absolute atomic E-state index is 0.0538. The van der Waals surface area contributed by atoms with Crippen molar-refractivity contribution in [3.05, 3.63) is 35.1 Å². The second-order valence-corrected chi connectivity index (χ2v) is 3.85. The average molecular weight is 235 g/mol. The van der Waals surface area contributed by atoms with Gasteiger partial charge in [0.25, 0.3) is 0 Å². The number of nitrogens with zero attached hydrogens (tertiary/aromatic N) is 2. The first kappa shape index (κ1) is 13.1. The number of amides is 1. The molecule has 1 amide bonds. The summed E-state index contributed by atoms with van der Waals surface area (Å²) >= 11 is 0. The van der Waals surface area contributed by atoms with E-state index in [1.165, 1.54) is 17.0 Å². The zero-order valence-electron chi connectivity index (χ0n) is 9.83. The molecule has 0 radical (unpaired) electrons. The van der Waals surface area contributed by atoms with Gasteiger partial charge in [-0.25, -0.2) is 4.39 Å². The van der Waals surface area contributed by atoms with Crippen LogP contribution in [0.3, 0.4) is 0 Å². The fourth-order valence-corrected chi connectivity index (χ4v) is 1.29. The fourth-order valence-electron chi connectivity index (χ4n) is 1.29. The molecule has 17 heavy (non-hydrogen) atoms. The SMILES string of the molecule is CN(C)C(=O)CNCc1cc(F)cc(C#N)c1. The second kappa shape index (κ2) is 5.97. The molecular weight excluding hydrogens is 221 g/mol. The molecule has 4 nitrogen and oxygen atoms in total. The molecule has 5 heteroatoms. The molecule has 1 N–H and O–H groups in total. The zero-order valence-corrected chi connectivity index (χ0v) is 9.83. The normalized spacial score (nSPS) is 9.76. The predicted octanol–water partition coefficient (Wildman–Crippen LogP) is 0.875. The number of likely N-dealkylation sites (N-methyl/N-ethyl adjacent to an activating group) is 1. The van der Waals surface area contributed by atoms with Gasteiger partial charge >= 0.3 is 0 Å². The Morgan fingerprint density at radius 3 is 2.76 bits per heavy atom. The molecule has 1 aromatic carbocycles. The molecule has 1 rings (SSSR count). The third-order valence-corrected chi connectivity index (χ3v) is 2.19. The van der Waals surface area contributed by atoms with Gasteiger partial charge in [0.2, 0.25) is 5.91 Å². The molecule has 0 fully saturated rings. The summed E-state index contributed by atoms with van der Waals surface area (Å²) < 4.78 is 13.1. The van der Waals surface area contributed by atoms with Gasteiger partial charge in [-0.1, -0.05) is 0 Å². The summed E-state index contributed by atoms with van der Waals surface area (Å²) in [5.41, 5.74) is 0.925. The van der Waals surface area contributed by atoms with Crippen molar-refractivity contribution in [2.45, 2.75) is 6.54 Å². The molecule has 0 bridgehead atoms. The summed E-state index contributed by atoms with van der Waals surface area (Å²) in [6.07, 6.45) is 0. The Balaban J connectivity index is 2.55. The van der Waals surface area contributed by atoms with Crippen LogP contribution in [0.5, 0.6) is 0 Å². The van der Waals surface area contributed by atoms with Crippen molar-refractivity contribution in [2.75, 3.05) is 20.6 Å². The lowest BCUT2D eigenvalue weighted by atomic mass is 10.1. The Morgan fingerprint density at radius 1 is 1.47 bits per heavy atom. The van der Waals surface area contributed by atoms with Gasteiger partial charge in [-0.2, -0.15) is 5.26 Å². The molecule has 0 spiro atoms. The Hall–Kier alpha value is -1.93. The topological polar surface area (TPSA) is 56.1 Å². The number of hydrogen-bond donors (Lipinski definition) is 1. The van der Waals surface area contributed by atoms with Crippen LogP contribution in [0.15, 0.2) is 18.2 Å². The maximum absolute atomic E-state index is 13.1. The molecule has 0 atom stereocenters. The second-order valence-electron chi connectivity index (χ2n) is 3.85. The predicted molar refractivity (Wildman–Crippen MR) is 61.5 cm³/mol. The number of carbonyl (C=O) groups is 1. The first-order valence-electron chi connectivity index (χ1n) is 5.13. The van der Waals surface area contributed by atoms with Gasteiger partial charge in [0, 0.05) is 20.6 Å². The molecule has 0 aliphatic rings. The monoisotopic (exact) mass is 235 g/mol. The average Bonchev–Trinajstić information content (AvgIpc) is 2.27. The van der Waals surface area contributed by atoms with Gasteiger partial charge in [0.15, 0.2) is 0 Å². The number of rotatable bonds is 4. The number of nitrogens with one attached hydrogen (secondary N) is 1. The van der Waals surface area contributed by atoms with Crippen molar-refractivity contribution in [3.63, 3.8) is 0 Å². The third kappa shape index (κ3) is 4.21. The highest BCUT2D eigenvalue weighted by Crippen LogP contribution is 2.08. The maximum atomic E-state index is 13.1. The van der Waals surface area contributed by atoms with Crippen molar-refractivity contribution in [1.29, 1.82) is 5.26 Å². The van der Waals surface area contributed by atoms with Crippen molar-refractivity contribution < 1.29 is 9.18 Å². The molecule has 0 aliphatic heterocycles. The highest BCUT2D eigenvalue weighted by molar-refractivity contribution is 5.77. The first-order chi connectivity index (χ1) is 8.02. The van der Waals surface area contributed by atoms with Crippen molar-refractivity contribution in [2.24, 2.45) is 0 Å². The van der Waals surface area contributed by atoms with Crippen LogP contribution in [0, 0.1) is 17.1 Å². The van der Waals surface area contributed by atoms with Crippen LogP contribution in [0.2, 0.25) is 0 Å². The van der Waals surface area contributed by atoms with Gasteiger partial charge < -0.3 is 10.2 Å². The summed E-state index contributed by atoms with van der Waals surface area (Å²) in [4.78, 5) is 12.7. The van der Waals surface area contributed by atoms with E-state index in [0.29, 0.717) is 12.1 Å². The Kier molecular flexibility index (Phi) is 4.61. The Morgan fingerprint density at radius 2 is 2.18 bits per heavy atom. The van der Waals surface area contributed by atoms with E-state index in [0.717, 1.165) is 0 Å². The van der Waals surface area contributed by atoms with Crippen LogP contribution in [0.4, 0.5) is 4.39 Å². The van der Waals surface area contributed by atoms with Crippen molar-refractivity contribution in [1.82, 2.24) is 10.2 Å². The molecule has 0 unspecified atom stereocenters. The van der Waals surface area contributed by atoms with Crippen LogP contribution in [0.1, 0.15) is 11.1 Å². The minimum Gasteiger partial charge on any atom is -0.348 e. The highest BCUT2D eigenvalue weighted by atomic mass is 19.1. The largest absolute Gasteiger partial charge is 0.348 e. The van der Waals surface area contributed by atoms with Gasteiger partial charge in [0.1, 0.15) is 5.82 Å². The van der Waals surface area contributed by atoms with Crippen LogP contribution < -0.4 is 5.32 Å². The quantitative estimate of drug-likeness (QED) is 0.842. The lowest BCUT2D eigenvalue weighted by Crippen LogP contribution is -2.32. The summed E-state index contributed by atoms with van der Waals surface area (Å²) in [6.45, 7) is 0.539. The number of nitriles is 1. The zero-order chi connectivity index (χ0) is 12.8. The molecule has 0 aromatic heterocycles. The van der Waals surface area contributed by atoms with Crippen molar-refractivity contribution in [3.8, 4) is 6.07 Å². The van der Waals surface area contributed by atoms with Crippen LogP contribution in [-0.2, 0) is 11.3 Å². The molecular formula is C12H14FN3O. The van der Waals surface area contributed by atoms with E-state index < -0.39 is 5.82 Å². The number of halogens is 1. The maximum Gasteiger partial charge on any atom is 0.236 e. The van der Waals surface area contributed by atoms with Gasteiger partial charge in [-0.05, 0) is 23.8 Å². The third-order valence-electron chi connectivity index (χ3n) is 2.19. The van der Waals surface area contributed by atoms with E-state index in [9.17, 15) is 9.18 Å².